The fraction of sp³-hybridized carbons (Fsp3) is 0.429. The van der Waals surface area contributed by atoms with E-state index in [4.69, 9.17) is 4.74 Å². The number of hydrogen-bond donors (Lipinski definition) is 0. The number of carbonyl (C=O) groups excluding carboxylic acids is 1. The van der Waals surface area contributed by atoms with Crippen LogP contribution in [0.5, 0.6) is 0 Å². The fourth-order valence-corrected chi connectivity index (χ4v) is 4.04. The van der Waals surface area contributed by atoms with Gasteiger partial charge in [-0.15, -0.1) is 0 Å². The molecule has 0 aliphatic carbocycles. The number of rotatable bonds is 5. The molecule has 0 unspecified atom stereocenters. The first-order valence-electron chi connectivity index (χ1n) is 9.59. The van der Waals surface area contributed by atoms with Crippen LogP contribution >= 0.6 is 0 Å². The van der Waals surface area contributed by atoms with Crippen molar-refractivity contribution in [3.63, 3.8) is 0 Å². The lowest BCUT2D eigenvalue weighted by Crippen LogP contribution is -2.20. The predicted octanol–water partition coefficient (Wildman–Crippen LogP) is 4.54. The van der Waals surface area contributed by atoms with Crippen molar-refractivity contribution in [1.82, 2.24) is 14.1 Å². The SMILES string of the molecule is Cc1cc(C(=O)Cn2c(C(F)(F)F)nc3ccccc32)c(C)n1C[C@H]1CCCO1. The van der Waals surface area contributed by atoms with Crippen molar-refractivity contribution >= 4 is 16.8 Å². The van der Waals surface area contributed by atoms with Crippen molar-refractivity contribution in [1.29, 1.82) is 0 Å². The van der Waals surface area contributed by atoms with Crippen LogP contribution in [0.25, 0.3) is 11.0 Å². The van der Waals surface area contributed by atoms with E-state index in [0.717, 1.165) is 35.4 Å². The number of nitrogens with zero attached hydrogens (tertiary/aromatic N) is 3. The van der Waals surface area contributed by atoms with Crippen LogP contribution in [-0.2, 0) is 24.0 Å². The van der Waals surface area contributed by atoms with Gasteiger partial charge >= 0.3 is 6.18 Å². The lowest BCUT2D eigenvalue weighted by atomic mass is 10.1. The van der Waals surface area contributed by atoms with E-state index >= 15 is 0 Å². The molecule has 1 aromatic carbocycles. The molecule has 0 amide bonds. The second kappa shape index (κ2) is 7.33. The van der Waals surface area contributed by atoms with Crippen molar-refractivity contribution < 1.29 is 22.7 Å². The van der Waals surface area contributed by atoms with Crippen molar-refractivity contribution in [2.75, 3.05) is 6.61 Å². The van der Waals surface area contributed by atoms with E-state index < -0.39 is 18.5 Å². The molecule has 5 nitrogen and oxygen atoms in total. The third kappa shape index (κ3) is 3.69. The zero-order chi connectivity index (χ0) is 20.8. The van der Waals surface area contributed by atoms with Gasteiger partial charge in [0.15, 0.2) is 5.78 Å². The second-order valence-corrected chi connectivity index (χ2v) is 7.46. The molecule has 3 heterocycles. The molecule has 1 aliphatic heterocycles. The molecule has 3 aromatic rings. The molecule has 0 saturated carbocycles. The van der Waals surface area contributed by atoms with Gasteiger partial charge in [-0.25, -0.2) is 4.98 Å². The highest BCUT2D eigenvalue weighted by Gasteiger charge is 2.38. The van der Waals surface area contributed by atoms with Crippen LogP contribution in [0.3, 0.4) is 0 Å². The van der Waals surface area contributed by atoms with E-state index in [1.807, 2.05) is 18.4 Å². The Bertz CT molecular complexity index is 1060. The topological polar surface area (TPSA) is 49.0 Å². The minimum atomic E-state index is -4.64. The second-order valence-electron chi connectivity index (χ2n) is 7.46. The number of ketones is 1. The molecule has 1 saturated heterocycles. The van der Waals surface area contributed by atoms with E-state index in [9.17, 15) is 18.0 Å². The van der Waals surface area contributed by atoms with E-state index in [-0.39, 0.29) is 17.4 Å². The quantitative estimate of drug-likeness (QED) is 0.586. The Hall–Kier alpha value is -2.61. The normalized spacial score (nSPS) is 17.3. The molecule has 8 heteroatoms. The zero-order valence-corrected chi connectivity index (χ0v) is 16.3. The van der Waals surface area contributed by atoms with Crippen molar-refractivity contribution in [3.8, 4) is 0 Å². The van der Waals surface area contributed by atoms with Crippen LogP contribution in [0.2, 0.25) is 0 Å². The van der Waals surface area contributed by atoms with Crippen LogP contribution in [-0.4, -0.2) is 32.6 Å². The van der Waals surface area contributed by atoms with Gasteiger partial charge in [-0.3, -0.25) is 4.79 Å². The van der Waals surface area contributed by atoms with Crippen molar-refractivity contribution in [2.45, 2.75) is 52.1 Å². The summed E-state index contributed by atoms with van der Waals surface area (Å²) in [5.41, 5.74) is 2.60. The summed E-state index contributed by atoms with van der Waals surface area (Å²) < 4.78 is 49.2. The van der Waals surface area contributed by atoms with Gasteiger partial charge in [0.05, 0.1) is 23.7 Å². The molecule has 0 spiro atoms. The van der Waals surface area contributed by atoms with Crippen LogP contribution in [0.15, 0.2) is 30.3 Å². The smallest absolute Gasteiger partial charge is 0.376 e. The summed E-state index contributed by atoms with van der Waals surface area (Å²) in [6, 6.07) is 8.07. The number of ether oxygens (including phenoxy) is 1. The third-order valence-corrected chi connectivity index (χ3v) is 5.49. The summed E-state index contributed by atoms with van der Waals surface area (Å²) in [5.74, 6) is -1.43. The highest BCUT2D eigenvalue weighted by molar-refractivity contribution is 5.98. The number of Topliss-reactive ketones (excluding diaryl/α,β-unsaturated/α-hetero) is 1. The van der Waals surface area contributed by atoms with E-state index in [2.05, 4.69) is 4.98 Å². The third-order valence-electron chi connectivity index (χ3n) is 5.49. The Kier molecular flexibility index (Phi) is 4.98. The first-order chi connectivity index (χ1) is 13.8. The molecule has 0 radical (unpaired) electrons. The monoisotopic (exact) mass is 405 g/mol. The van der Waals surface area contributed by atoms with Gasteiger partial charge in [-0.2, -0.15) is 13.2 Å². The number of hydrogen-bond acceptors (Lipinski definition) is 3. The number of alkyl halides is 3. The summed E-state index contributed by atoms with van der Waals surface area (Å²) in [6.45, 7) is 4.69. The highest BCUT2D eigenvalue weighted by Crippen LogP contribution is 2.32. The van der Waals surface area contributed by atoms with E-state index in [0.29, 0.717) is 17.6 Å². The summed E-state index contributed by atoms with van der Waals surface area (Å²) in [7, 11) is 0. The molecule has 154 valence electrons. The average Bonchev–Trinajstić information content (AvgIpc) is 3.37. The molecule has 1 atom stereocenters. The average molecular weight is 405 g/mol. The maximum atomic E-state index is 13.5. The van der Waals surface area contributed by atoms with Gasteiger partial charge in [0.2, 0.25) is 5.82 Å². The molecule has 0 bridgehead atoms. The van der Waals surface area contributed by atoms with Gasteiger partial charge in [0.25, 0.3) is 0 Å². The number of halogens is 3. The number of imidazole rings is 1. The summed E-state index contributed by atoms with van der Waals surface area (Å²) in [6.07, 6.45) is -2.55. The Balaban J connectivity index is 1.67. The number of fused-ring (bicyclic) bond motifs is 1. The minimum absolute atomic E-state index is 0.108. The van der Waals surface area contributed by atoms with Crippen molar-refractivity contribution in [2.24, 2.45) is 0 Å². The standard InChI is InChI=1S/C21H22F3N3O2/c1-13-10-16(14(2)26(13)11-15-6-5-9-29-15)19(28)12-27-18-8-4-3-7-17(18)25-20(27)21(22,23)24/h3-4,7-8,10,15H,5-6,9,11-12H2,1-2H3/t15-/m1/s1. The summed E-state index contributed by atoms with van der Waals surface area (Å²) >= 11 is 0. The zero-order valence-electron chi connectivity index (χ0n) is 16.3. The largest absolute Gasteiger partial charge is 0.449 e. The molecule has 1 aliphatic rings. The lowest BCUT2D eigenvalue weighted by molar-refractivity contribution is -0.146. The van der Waals surface area contributed by atoms with Gasteiger partial charge < -0.3 is 13.9 Å². The number of para-hydroxylation sites is 2. The Morgan fingerprint density at radius 1 is 1.24 bits per heavy atom. The molecule has 2 aromatic heterocycles. The number of aryl methyl sites for hydroxylation is 1. The Labute approximate surface area is 166 Å². The fourth-order valence-electron chi connectivity index (χ4n) is 4.04. The first kappa shape index (κ1) is 19.7. The molecular weight excluding hydrogens is 383 g/mol. The van der Waals surface area contributed by atoms with E-state index in [1.165, 1.54) is 6.07 Å². The molecule has 0 N–H and O–H groups in total. The highest BCUT2D eigenvalue weighted by atomic mass is 19.4. The molecular formula is C21H22F3N3O2. The Morgan fingerprint density at radius 2 is 2.00 bits per heavy atom. The van der Waals surface area contributed by atoms with E-state index in [1.54, 1.807) is 24.3 Å². The molecule has 29 heavy (non-hydrogen) atoms. The molecule has 4 rings (SSSR count). The van der Waals surface area contributed by atoms with Crippen molar-refractivity contribution in [3.05, 3.63) is 53.1 Å². The van der Waals surface area contributed by atoms with Crippen LogP contribution < -0.4 is 0 Å². The van der Waals surface area contributed by atoms with Crippen LogP contribution in [0, 0.1) is 13.8 Å². The number of carbonyl (C=O) groups is 1. The molecule has 1 fully saturated rings. The lowest BCUT2D eigenvalue weighted by Gasteiger charge is -2.15. The maximum absolute atomic E-state index is 13.5. The van der Waals surface area contributed by atoms with Gasteiger partial charge in [0.1, 0.15) is 0 Å². The number of aromatic nitrogens is 3. The summed E-state index contributed by atoms with van der Waals surface area (Å²) in [5, 5.41) is 0. The minimum Gasteiger partial charge on any atom is -0.376 e. The predicted molar refractivity (Wildman–Crippen MR) is 102 cm³/mol. The maximum Gasteiger partial charge on any atom is 0.449 e. The summed E-state index contributed by atoms with van der Waals surface area (Å²) in [4.78, 5) is 16.7. The first-order valence-corrected chi connectivity index (χ1v) is 9.59. The van der Waals surface area contributed by atoms with Gasteiger partial charge in [-0.1, -0.05) is 12.1 Å². The van der Waals surface area contributed by atoms with Crippen LogP contribution in [0.4, 0.5) is 13.2 Å². The number of benzene rings is 1. The van der Waals surface area contributed by atoms with Crippen LogP contribution in [0.1, 0.15) is 40.4 Å². The van der Waals surface area contributed by atoms with Gasteiger partial charge in [0, 0.05) is 30.1 Å². The Morgan fingerprint density at radius 3 is 2.69 bits per heavy atom. The van der Waals surface area contributed by atoms with Gasteiger partial charge in [-0.05, 0) is 44.9 Å².